The van der Waals surface area contributed by atoms with Crippen molar-refractivity contribution in [1.82, 2.24) is 14.6 Å². The molecule has 0 amide bonds. The molecule has 0 unspecified atom stereocenters. The van der Waals surface area contributed by atoms with Crippen molar-refractivity contribution in [3.05, 3.63) is 48.7 Å². The number of benzene rings is 1. The zero-order valence-corrected chi connectivity index (χ0v) is 9.37. The van der Waals surface area contributed by atoms with Gasteiger partial charge in [-0.25, -0.2) is 4.98 Å². The third kappa shape index (κ3) is 1.54. The van der Waals surface area contributed by atoms with Crippen molar-refractivity contribution in [2.45, 2.75) is 0 Å². The van der Waals surface area contributed by atoms with Crippen molar-refractivity contribution in [2.75, 3.05) is 7.11 Å². The number of aromatic nitrogens is 3. The average Bonchev–Trinajstić information content (AvgIpc) is 2.78. The molecule has 2 aromatic heterocycles. The van der Waals surface area contributed by atoms with Gasteiger partial charge in [0.1, 0.15) is 5.69 Å². The number of rotatable bonds is 2. The second-order valence-corrected chi connectivity index (χ2v) is 3.63. The van der Waals surface area contributed by atoms with E-state index in [9.17, 15) is 0 Å². The third-order valence-electron chi connectivity index (χ3n) is 2.59. The van der Waals surface area contributed by atoms with Crippen LogP contribution in [0, 0.1) is 0 Å². The molecular formula is C13H11N3O. The standard InChI is InChI=1S/C13H11N3O/c1-17-13-12(10-6-3-2-4-7-10)15-11-8-5-9-14-16(11)13/h2-9H,1H3. The minimum absolute atomic E-state index is 0.659. The maximum atomic E-state index is 5.39. The van der Waals surface area contributed by atoms with Crippen molar-refractivity contribution in [3.63, 3.8) is 0 Å². The summed E-state index contributed by atoms with van der Waals surface area (Å²) in [6.07, 6.45) is 1.71. The highest BCUT2D eigenvalue weighted by Gasteiger charge is 2.14. The summed E-state index contributed by atoms with van der Waals surface area (Å²) in [5.41, 5.74) is 2.62. The van der Waals surface area contributed by atoms with Crippen LogP contribution >= 0.6 is 0 Å². The quantitative estimate of drug-likeness (QED) is 0.672. The van der Waals surface area contributed by atoms with Gasteiger partial charge in [-0.2, -0.15) is 9.61 Å². The molecule has 2 heterocycles. The first-order chi connectivity index (χ1) is 8.40. The molecular weight excluding hydrogens is 214 g/mol. The molecule has 0 aliphatic heterocycles. The first-order valence-electron chi connectivity index (χ1n) is 5.33. The zero-order chi connectivity index (χ0) is 11.7. The summed E-state index contributed by atoms with van der Waals surface area (Å²) in [6, 6.07) is 13.7. The molecule has 0 fully saturated rings. The lowest BCUT2D eigenvalue weighted by molar-refractivity contribution is 0.389. The van der Waals surface area contributed by atoms with E-state index >= 15 is 0 Å². The molecule has 17 heavy (non-hydrogen) atoms. The fourth-order valence-electron chi connectivity index (χ4n) is 1.83. The molecule has 84 valence electrons. The van der Waals surface area contributed by atoms with E-state index < -0.39 is 0 Å². The van der Waals surface area contributed by atoms with Gasteiger partial charge < -0.3 is 4.74 Å². The van der Waals surface area contributed by atoms with Crippen LogP contribution in [0.3, 0.4) is 0 Å². The fourth-order valence-corrected chi connectivity index (χ4v) is 1.83. The Morgan fingerprint density at radius 2 is 1.88 bits per heavy atom. The minimum Gasteiger partial charge on any atom is -0.479 e. The van der Waals surface area contributed by atoms with Gasteiger partial charge in [-0.3, -0.25) is 0 Å². The highest BCUT2D eigenvalue weighted by atomic mass is 16.5. The van der Waals surface area contributed by atoms with Gasteiger partial charge in [0, 0.05) is 11.8 Å². The molecule has 4 heteroatoms. The monoisotopic (exact) mass is 225 g/mol. The second-order valence-electron chi connectivity index (χ2n) is 3.63. The fraction of sp³-hybridized carbons (Fsp3) is 0.0769. The molecule has 0 saturated carbocycles. The number of ether oxygens (including phenoxy) is 1. The smallest absolute Gasteiger partial charge is 0.243 e. The van der Waals surface area contributed by atoms with Gasteiger partial charge in [0.05, 0.1) is 7.11 Å². The van der Waals surface area contributed by atoms with E-state index in [1.54, 1.807) is 17.8 Å². The molecule has 0 atom stereocenters. The van der Waals surface area contributed by atoms with Crippen LogP contribution in [0.1, 0.15) is 0 Å². The average molecular weight is 225 g/mol. The van der Waals surface area contributed by atoms with E-state index in [4.69, 9.17) is 4.74 Å². The molecule has 0 radical (unpaired) electrons. The summed E-state index contributed by atoms with van der Waals surface area (Å²) in [4.78, 5) is 4.53. The van der Waals surface area contributed by atoms with Gasteiger partial charge in [-0.05, 0) is 12.1 Å². The predicted octanol–water partition coefficient (Wildman–Crippen LogP) is 2.40. The first-order valence-corrected chi connectivity index (χ1v) is 5.33. The van der Waals surface area contributed by atoms with Crippen LogP contribution in [0.4, 0.5) is 0 Å². The number of nitrogens with zero attached hydrogens (tertiary/aromatic N) is 3. The topological polar surface area (TPSA) is 39.4 Å². The molecule has 3 aromatic rings. The van der Waals surface area contributed by atoms with Crippen LogP contribution in [0.2, 0.25) is 0 Å². The van der Waals surface area contributed by atoms with Gasteiger partial charge in [0.25, 0.3) is 0 Å². The van der Waals surface area contributed by atoms with Gasteiger partial charge in [0.2, 0.25) is 5.88 Å². The largest absolute Gasteiger partial charge is 0.479 e. The lowest BCUT2D eigenvalue weighted by atomic mass is 10.2. The summed E-state index contributed by atoms with van der Waals surface area (Å²) in [7, 11) is 1.63. The van der Waals surface area contributed by atoms with Crippen LogP contribution in [-0.2, 0) is 0 Å². The van der Waals surface area contributed by atoms with E-state index in [0.29, 0.717) is 5.88 Å². The third-order valence-corrected chi connectivity index (χ3v) is 2.59. The highest BCUT2D eigenvalue weighted by Crippen LogP contribution is 2.29. The predicted molar refractivity (Wildman–Crippen MR) is 65.0 cm³/mol. The Labute approximate surface area is 98.5 Å². The van der Waals surface area contributed by atoms with Crippen molar-refractivity contribution in [2.24, 2.45) is 0 Å². The number of hydrogen-bond donors (Lipinski definition) is 0. The number of hydrogen-bond acceptors (Lipinski definition) is 3. The van der Waals surface area contributed by atoms with E-state index in [-0.39, 0.29) is 0 Å². The SMILES string of the molecule is COc1c(-c2ccccc2)nc2cccnn12. The maximum Gasteiger partial charge on any atom is 0.243 e. The zero-order valence-electron chi connectivity index (χ0n) is 9.37. The van der Waals surface area contributed by atoms with Gasteiger partial charge in [-0.1, -0.05) is 30.3 Å². The van der Waals surface area contributed by atoms with Crippen molar-refractivity contribution >= 4 is 5.65 Å². The molecule has 0 bridgehead atoms. The van der Waals surface area contributed by atoms with Gasteiger partial charge in [-0.15, -0.1) is 0 Å². The Morgan fingerprint density at radius 3 is 2.65 bits per heavy atom. The molecule has 0 spiro atoms. The van der Waals surface area contributed by atoms with E-state index in [2.05, 4.69) is 10.1 Å². The Kier molecular flexibility index (Phi) is 2.26. The van der Waals surface area contributed by atoms with E-state index in [1.165, 1.54) is 0 Å². The molecule has 3 rings (SSSR count). The van der Waals surface area contributed by atoms with Gasteiger partial charge >= 0.3 is 0 Å². The Bertz CT molecular complexity index is 646. The lowest BCUT2D eigenvalue weighted by Gasteiger charge is -2.01. The van der Waals surface area contributed by atoms with Crippen LogP contribution in [0.5, 0.6) is 5.88 Å². The van der Waals surface area contributed by atoms with Crippen molar-refractivity contribution in [1.29, 1.82) is 0 Å². The van der Waals surface area contributed by atoms with Crippen LogP contribution in [0.25, 0.3) is 16.9 Å². The highest BCUT2D eigenvalue weighted by molar-refractivity contribution is 5.68. The number of methoxy groups -OCH3 is 1. The Morgan fingerprint density at radius 1 is 1.06 bits per heavy atom. The van der Waals surface area contributed by atoms with Crippen LogP contribution < -0.4 is 4.74 Å². The molecule has 1 aromatic carbocycles. The van der Waals surface area contributed by atoms with E-state index in [0.717, 1.165) is 16.9 Å². The van der Waals surface area contributed by atoms with E-state index in [1.807, 2.05) is 42.5 Å². The summed E-state index contributed by atoms with van der Waals surface area (Å²) in [5.74, 6) is 0.659. The normalized spacial score (nSPS) is 10.6. The summed E-state index contributed by atoms with van der Waals surface area (Å²) in [6.45, 7) is 0. The number of fused-ring (bicyclic) bond motifs is 1. The van der Waals surface area contributed by atoms with Crippen molar-refractivity contribution in [3.8, 4) is 17.1 Å². The van der Waals surface area contributed by atoms with Crippen molar-refractivity contribution < 1.29 is 4.74 Å². The maximum absolute atomic E-state index is 5.39. The minimum atomic E-state index is 0.659. The first kappa shape index (κ1) is 9.84. The summed E-state index contributed by atoms with van der Waals surface area (Å²) in [5, 5.41) is 4.23. The second kappa shape index (κ2) is 3.90. The molecule has 0 aliphatic carbocycles. The Balaban J connectivity index is 2.30. The number of imidazole rings is 1. The molecule has 0 aliphatic rings. The molecule has 4 nitrogen and oxygen atoms in total. The lowest BCUT2D eigenvalue weighted by Crippen LogP contribution is -1.94. The van der Waals surface area contributed by atoms with Crippen LogP contribution in [-0.4, -0.2) is 21.7 Å². The van der Waals surface area contributed by atoms with Gasteiger partial charge in [0.15, 0.2) is 5.65 Å². The molecule has 0 saturated heterocycles. The Hall–Kier alpha value is -2.36. The summed E-state index contributed by atoms with van der Waals surface area (Å²) < 4.78 is 7.09. The van der Waals surface area contributed by atoms with Crippen LogP contribution in [0.15, 0.2) is 48.7 Å². The molecule has 0 N–H and O–H groups in total. The summed E-state index contributed by atoms with van der Waals surface area (Å²) >= 11 is 0.